The maximum absolute atomic E-state index is 12.8. The number of amides is 1. The number of benzene rings is 1. The maximum Gasteiger partial charge on any atom is 0.270 e. The van der Waals surface area contributed by atoms with Crippen molar-refractivity contribution in [2.24, 2.45) is 7.05 Å². The maximum atomic E-state index is 12.8. The summed E-state index contributed by atoms with van der Waals surface area (Å²) in [5.74, 6) is -0.0964. The van der Waals surface area contributed by atoms with Crippen LogP contribution in [0.15, 0.2) is 67.1 Å². The normalized spacial score (nSPS) is 10.9. The van der Waals surface area contributed by atoms with Crippen LogP contribution in [0.4, 0.5) is 0 Å². The molecule has 0 aliphatic carbocycles. The first-order valence-corrected chi connectivity index (χ1v) is 8.54. The zero-order chi connectivity index (χ0) is 18.8. The Balaban J connectivity index is 1.73. The highest BCUT2D eigenvalue weighted by molar-refractivity contribution is 6.05. The summed E-state index contributed by atoms with van der Waals surface area (Å²) in [4.78, 5) is 21.5. The van der Waals surface area contributed by atoms with Crippen molar-refractivity contribution >= 4 is 16.8 Å². The molecule has 27 heavy (non-hydrogen) atoms. The number of aromatic nitrogens is 3. The lowest BCUT2D eigenvalue weighted by Crippen LogP contribution is -2.24. The summed E-state index contributed by atoms with van der Waals surface area (Å²) in [6.07, 6.45) is 5.31. The Hall–Kier alpha value is -3.67. The molecule has 3 heterocycles. The van der Waals surface area contributed by atoms with Gasteiger partial charge in [-0.25, -0.2) is 4.98 Å². The summed E-state index contributed by atoms with van der Waals surface area (Å²) < 4.78 is 1.95. The average Bonchev–Trinajstić information content (AvgIpc) is 3.07. The highest BCUT2D eigenvalue weighted by atomic mass is 16.3. The first-order valence-electron chi connectivity index (χ1n) is 8.54. The minimum Gasteiger partial charge on any atom is -0.508 e. The third-order valence-electron chi connectivity index (χ3n) is 4.41. The lowest BCUT2D eigenvalue weighted by Gasteiger charge is -2.10. The lowest BCUT2D eigenvalue weighted by atomic mass is 10.1. The summed E-state index contributed by atoms with van der Waals surface area (Å²) >= 11 is 0. The fourth-order valence-corrected chi connectivity index (χ4v) is 3.02. The van der Waals surface area contributed by atoms with Gasteiger partial charge in [-0.2, -0.15) is 0 Å². The summed E-state index contributed by atoms with van der Waals surface area (Å²) in [7, 11) is 1.92. The van der Waals surface area contributed by atoms with E-state index in [9.17, 15) is 9.90 Å². The van der Waals surface area contributed by atoms with Crippen LogP contribution in [-0.2, 0) is 13.6 Å². The van der Waals surface area contributed by atoms with E-state index in [0.717, 1.165) is 22.0 Å². The van der Waals surface area contributed by atoms with Gasteiger partial charge in [0.1, 0.15) is 11.4 Å². The van der Waals surface area contributed by atoms with E-state index in [1.54, 1.807) is 30.6 Å². The van der Waals surface area contributed by atoms with Crippen molar-refractivity contribution in [3.05, 3.63) is 78.4 Å². The first kappa shape index (κ1) is 16.8. The van der Waals surface area contributed by atoms with Crippen LogP contribution < -0.4 is 5.32 Å². The highest BCUT2D eigenvalue weighted by Crippen LogP contribution is 2.27. The molecule has 0 bridgehead atoms. The number of hydrogen-bond acceptors (Lipinski definition) is 4. The number of aryl methyl sites for hydroxylation is 1. The molecule has 1 aromatic carbocycles. The number of pyridine rings is 2. The highest BCUT2D eigenvalue weighted by Gasteiger charge is 2.16. The summed E-state index contributed by atoms with van der Waals surface area (Å²) in [6, 6.07) is 14.4. The predicted octanol–water partition coefficient (Wildman–Crippen LogP) is 3.27. The Morgan fingerprint density at radius 3 is 2.85 bits per heavy atom. The zero-order valence-electron chi connectivity index (χ0n) is 14.8. The van der Waals surface area contributed by atoms with Crippen LogP contribution in [0.2, 0.25) is 0 Å². The third-order valence-corrected chi connectivity index (χ3v) is 4.41. The second-order valence-corrected chi connectivity index (χ2v) is 6.31. The largest absolute Gasteiger partial charge is 0.508 e. The first-order chi connectivity index (χ1) is 13.1. The number of phenols is 1. The van der Waals surface area contributed by atoms with Crippen LogP contribution in [0.5, 0.6) is 5.75 Å². The molecule has 0 aliphatic heterocycles. The van der Waals surface area contributed by atoms with Crippen LogP contribution in [0.25, 0.3) is 22.2 Å². The minimum absolute atomic E-state index is 0.156. The molecule has 0 saturated heterocycles. The molecule has 6 nitrogen and oxygen atoms in total. The fourth-order valence-electron chi connectivity index (χ4n) is 3.02. The smallest absolute Gasteiger partial charge is 0.270 e. The molecule has 0 radical (unpaired) electrons. The summed E-state index contributed by atoms with van der Waals surface area (Å²) in [5.41, 5.74) is 3.55. The number of phenolic OH excluding ortho intramolecular Hbond substituents is 1. The molecule has 4 rings (SSSR count). The lowest BCUT2D eigenvalue weighted by molar-refractivity contribution is 0.0948. The van der Waals surface area contributed by atoms with Crippen molar-refractivity contribution in [3.63, 3.8) is 0 Å². The summed E-state index contributed by atoms with van der Waals surface area (Å²) in [5, 5.41) is 13.5. The van der Waals surface area contributed by atoms with Crippen LogP contribution in [0.1, 0.15) is 16.1 Å². The van der Waals surface area contributed by atoms with Gasteiger partial charge >= 0.3 is 0 Å². The van der Waals surface area contributed by atoms with Crippen LogP contribution in [0.3, 0.4) is 0 Å². The second-order valence-electron chi connectivity index (χ2n) is 6.31. The van der Waals surface area contributed by atoms with Crippen molar-refractivity contribution in [1.29, 1.82) is 0 Å². The van der Waals surface area contributed by atoms with Gasteiger partial charge < -0.3 is 15.0 Å². The standard InChI is InChI=1S/C21H18N4O2/c1-25-9-7-17-19(25)11-18(15-5-2-6-16(26)10-15)24-20(17)21(27)23-13-14-4-3-8-22-12-14/h2-12,26H,13H2,1H3,(H,23,27). The number of hydrogen-bond donors (Lipinski definition) is 2. The van der Waals surface area contributed by atoms with E-state index < -0.39 is 0 Å². The van der Waals surface area contributed by atoms with Gasteiger partial charge in [0.05, 0.1) is 11.2 Å². The fraction of sp³-hybridized carbons (Fsp3) is 0.0952. The van der Waals surface area contributed by atoms with Crippen LogP contribution in [0, 0.1) is 0 Å². The molecule has 6 heteroatoms. The van der Waals surface area contributed by atoms with Gasteiger partial charge in [-0.15, -0.1) is 0 Å². The number of nitrogens with zero attached hydrogens (tertiary/aromatic N) is 3. The zero-order valence-corrected chi connectivity index (χ0v) is 14.8. The Kier molecular flexibility index (Phi) is 4.30. The predicted molar refractivity (Wildman–Crippen MR) is 103 cm³/mol. The Bertz CT molecular complexity index is 1120. The van der Waals surface area contributed by atoms with Gasteiger partial charge in [0.15, 0.2) is 0 Å². The van der Waals surface area contributed by atoms with Crippen molar-refractivity contribution in [2.45, 2.75) is 6.54 Å². The van der Waals surface area contributed by atoms with Crippen molar-refractivity contribution in [1.82, 2.24) is 19.9 Å². The van der Waals surface area contributed by atoms with Gasteiger partial charge in [0, 0.05) is 43.1 Å². The molecule has 2 N–H and O–H groups in total. The third kappa shape index (κ3) is 3.37. The Labute approximate surface area is 156 Å². The van der Waals surface area contributed by atoms with E-state index >= 15 is 0 Å². The quantitative estimate of drug-likeness (QED) is 0.587. The van der Waals surface area contributed by atoms with E-state index in [-0.39, 0.29) is 11.7 Å². The molecule has 3 aromatic heterocycles. The topological polar surface area (TPSA) is 80.0 Å². The molecular weight excluding hydrogens is 340 g/mol. The molecule has 0 aliphatic rings. The average molecular weight is 358 g/mol. The molecule has 4 aromatic rings. The van der Waals surface area contributed by atoms with Gasteiger partial charge in [-0.05, 0) is 35.9 Å². The van der Waals surface area contributed by atoms with Crippen molar-refractivity contribution in [2.75, 3.05) is 0 Å². The molecule has 0 spiro atoms. The van der Waals surface area contributed by atoms with Crippen molar-refractivity contribution in [3.8, 4) is 17.0 Å². The number of carbonyl (C=O) groups is 1. The number of fused-ring (bicyclic) bond motifs is 1. The van der Waals surface area contributed by atoms with E-state index in [0.29, 0.717) is 17.9 Å². The molecule has 0 fully saturated rings. The Morgan fingerprint density at radius 2 is 2.07 bits per heavy atom. The molecule has 0 atom stereocenters. The van der Waals surface area contributed by atoms with Crippen LogP contribution >= 0.6 is 0 Å². The van der Waals surface area contributed by atoms with Gasteiger partial charge in [-0.3, -0.25) is 9.78 Å². The monoisotopic (exact) mass is 358 g/mol. The molecular formula is C21H18N4O2. The van der Waals surface area contributed by atoms with Crippen LogP contribution in [-0.4, -0.2) is 25.5 Å². The number of carbonyl (C=O) groups excluding carboxylic acids is 1. The van der Waals surface area contributed by atoms with Gasteiger partial charge in [0.25, 0.3) is 5.91 Å². The van der Waals surface area contributed by atoms with E-state index in [1.807, 2.05) is 48.1 Å². The number of nitrogens with one attached hydrogen (secondary N) is 1. The summed E-state index contributed by atoms with van der Waals surface area (Å²) in [6.45, 7) is 0.374. The van der Waals surface area contributed by atoms with Gasteiger partial charge in [-0.1, -0.05) is 18.2 Å². The minimum atomic E-state index is -0.253. The number of aromatic hydroxyl groups is 1. The van der Waals surface area contributed by atoms with E-state index in [1.165, 1.54) is 0 Å². The SMILES string of the molecule is Cn1ccc2c(C(=O)NCc3cccnc3)nc(-c3cccc(O)c3)cc21. The molecule has 0 saturated carbocycles. The molecule has 134 valence electrons. The van der Waals surface area contributed by atoms with Gasteiger partial charge in [0.2, 0.25) is 0 Å². The van der Waals surface area contributed by atoms with E-state index in [4.69, 9.17) is 0 Å². The molecule has 0 unspecified atom stereocenters. The van der Waals surface area contributed by atoms with E-state index in [2.05, 4.69) is 15.3 Å². The molecule has 1 amide bonds. The second kappa shape index (κ2) is 6.92. The Morgan fingerprint density at radius 1 is 1.19 bits per heavy atom. The number of rotatable bonds is 4. The van der Waals surface area contributed by atoms with Crippen molar-refractivity contribution < 1.29 is 9.90 Å².